The lowest BCUT2D eigenvalue weighted by Crippen LogP contribution is -2.45. The molecule has 1 saturated heterocycles. The van der Waals surface area contributed by atoms with E-state index in [-0.39, 0.29) is 11.9 Å². The van der Waals surface area contributed by atoms with E-state index < -0.39 is 0 Å². The van der Waals surface area contributed by atoms with E-state index >= 15 is 0 Å². The molecule has 16 heavy (non-hydrogen) atoms. The highest BCUT2D eigenvalue weighted by Gasteiger charge is 2.23. The van der Waals surface area contributed by atoms with Crippen LogP contribution in [0.1, 0.15) is 23.2 Å². The third kappa shape index (κ3) is 2.33. The van der Waals surface area contributed by atoms with Crippen LogP contribution in [0.5, 0.6) is 0 Å². The molecule has 2 rings (SSSR count). The Bertz CT molecular complexity index is 397. The molecule has 1 unspecified atom stereocenters. The Kier molecular flexibility index (Phi) is 3.41. The van der Waals surface area contributed by atoms with Crippen LogP contribution in [0.3, 0.4) is 0 Å². The summed E-state index contributed by atoms with van der Waals surface area (Å²) in [6, 6.07) is 1.73. The second kappa shape index (κ2) is 4.80. The van der Waals surface area contributed by atoms with Crippen LogP contribution in [0.2, 0.25) is 5.02 Å². The molecule has 1 atom stereocenters. The van der Waals surface area contributed by atoms with Gasteiger partial charge in [-0.1, -0.05) is 11.6 Å². The number of nitrogens with zero attached hydrogens (tertiary/aromatic N) is 2. The van der Waals surface area contributed by atoms with Crippen LogP contribution in [0.25, 0.3) is 0 Å². The molecule has 4 nitrogen and oxygen atoms in total. The standard InChI is InChI=1S/C11H14ClN3O/c12-10-6-14-4-3-9(10)11(16)15-5-1-2-8(13)7-15/h3-4,6,8H,1-2,5,7,13H2. The van der Waals surface area contributed by atoms with E-state index in [0.29, 0.717) is 17.1 Å². The lowest BCUT2D eigenvalue weighted by molar-refractivity contribution is 0.0709. The molecule has 1 aliphatic rings. The molecule has 86 valence electrons. The third-order valence-electron chi connectivity index (χ3n) is 2.75. The number of hydrogen-bond donors (Lipinski definition) is 1. The zero-order valence-corrected chi connectivity index (χ0v) is 9.65. The Morgan fingerprint density at radius 3 is 3.12 bits per heavy atom. The molecule has 2 N–H and O–H groups in total. The first kappa shape index (κ1) is 11.4. The topological polar surface area (TPSA) is 59.2 Å². The van der Waals surface area contributed by atoms with E-state index in [1.54, 1.807) is 17.2 Å². The van der Waals surface area contributed by atoms with Crippen molar-refractivity contribution in [2.75, 3.05) is 13.1 Å². The summed E-state index contributed by atoms with van der Waals surface area (Å²) in [6.45, 7) is 1.36. The van der Waals surface area contributed by atoms with Crippen molar-refractivity contribution in [1.29, 1.82) is 0 Å². The van der Waals surface area contributed by atoms with Gasteiger partial charge in [0.1, 0.15) is 0 Å². The monoisotopic (exact) mass is 239 g/mol. The normalized spacial score (nSPS) is 20.9. The third-order valence-corrected chi connectivity index (χ3v) is 3.05. The van der Waals surface area contributed by atoms with Crippen molar-refractivity contribution in [3.63, 3.8) is 0 Å². The van der Waals surface area contributed by atoms with Gasteiger partial charge in [0.2, 0.25) is 0 Å². The van der Waals surface area contributed by atoms with E-state index in [4.69, 9.17) is 17.3 Å². The summed E-state index contributed by atoms with van der Waals surface area (Å²) in [5, 5.41) is 0.395. The van der Waals surface area contributed by atoms with Crippen LogP contribution in [0, 0.1) is 0 Å². The number of nitrogens with two attached hydrogens (primary N) is 1. The van der Waals surface area contributed by atoms with E-state index in [1.807, 2.05) is 0 Å². The van der Waals surface area contributed by atoms with Gasteiger partial charge in [-0.05, 0) is 18.9 Å². The fourth-order valence-corrected chi connectivity index (χ4v) is 2.11. The molecule has 1 fully saturated rings. The Morgan fingerprint density at radius 1 is 1.62 bits per heavy atom. The first-order chi connectivity index (χ1) is 7.68. The Labute approximate surface area is 99.4 Å². The van der Waals surface area contributed by atoms with Crippen LogP contribution in [0.15, 0.2) is 18.5 Å². The molecule has 0 bridgehead atoms. The van der Waals surface area contributed by atoms with Gasteiger partial charge in [-0.2, -0.15) is 0 Å². The average molecular weight is 240 g/mol. The first-order valence-electron chi connectivity index (χ1n) is 5.33. The minimum Gasteiger partial charge on any atom is -0.337 e. The minimum atomic E-state index is -0.0532. The number of carbonyl (C=O) groups is 1. The highest BCUT2D eigenvalue weighted by molar-refractivity contribution is 6.33. The number of carbonyl (C=O) groups excluding carboxylic acids is 1. The molecule has 0 spiro atoms. The fourth-order valence-electron chi connectivity index (χ4n) is 1.91. The summed E-state index contributed by atoms with van der Waals surface area (Å²) in [7, 11) is 0. The van der Waals surface area contributed by atoms with Gasteiger partial charge < -0.3 is 10.6 Å². The summed E-state index contributed by atoms with van der Waals surface area (Å²) in [5.41, 5.74) is 6.35. The van der Waals surface area contributed by atoms with E-state index in [0.717, 1.165) is 19.4 Å². The van der Waals surface area contributed by atoms with Gasteiger partial charge in [0.25, 0.3) is 5.91 Å². The molecule has 1 aromatic rings. The van der Waals surface area contributed by atoms with Gasteiger partial charge in [-0.15, -0.1) is 0 Å². The van der Waals surface area contributed by atoms with Crippen molar-refractivity contribution in [2.24, 2.45) is 5.73 Å². The molecule has 1 amide bonds. The largest absolute Gasteiger partial charge is 0.337 e. The molecular weight excluding hydrogens is 226 g/mol. The molecule has 1 aliphatic heterocycles. The number of amides is 1. The molecule has 0 aliphatic carbocycles. The number of likely N-dealkylation sites (tertiary alicyclic amines) is 1. The van der Waals surface area contributed by atoms with Gasteiger partial charge in [0.15, 0.2) is 0 Å². The van der Waals surface area contributed by atoms with Crippen molar-refractivity contribution in [2.45, 2.75) is 18.9 Å². The lowest BCUT2D eigenvalue weighted by Gasteiger charge is -2.30. The quantitative estimate of drug-likeness (QED) is 0.804. The highest BCUT2D eigenvalue weighted by atomic mass is 35.5. The summed E-state index contributed by atoms with van der Waals surface area (Å²) in [6.07, 6.45) is 4.99. The van der Waals surface area contributed by atoms with Crippen LogP contribution >= 0.6 is 11.6 Å². The van der Waals surface area contributed by atoms with Crippen LogP contribution in [-0.2, 0) is 0 Å². The van der Waals surface area contributed by atoms with Gasteiger partial charge in [0, 0.05) is 31.5 Å². The average Bonchev–Trinajstić information content (AvgIpc) is 2.29. The zero-order chi connectivity index (χ0) is 11.5. The predicted octanol–water partition coefficient (Wildman–Crippen LogP) is 1.30. The number of pyridine rings is 1. The summed E-state index contributed by atoms with van der Waals surface area (Å²) >= 11 is 5.93. The maximum atomic E-state index is 12.1. The predicted molar refractivity (Wildman–Crippen MR) is 62.4 cm³/mol. The lowest BCUT2D eigenvalue weighted by atomic mass is 10.1. The van der Waals surface area contributed by atoms with Crippen LogP contribution < -0.4 is 5.73 Å². The Balaban J connectivity index is 2.16. The maximum Gasteiger partial charge on any atom is 0.255 e. The van der Waals surface area contributed by atoms with Crippen LogP contribution in [0.4, 0.5) is 0 Å². The first-order valence-corrected chi connectivity index (χ1v) is 5.70. The zero-order valence-electron chi connectivity index (χ0n) is 8.90. The molecule has 0 radical (unpaired) electrons. The van der Waals surface area contributed by atoms with E-state index in [9.17, 15) is 4.79 Å². The second-order valence-corrected chi connectivity index (χ2v) is 4.42. The number of rotatable bonds is 1. The molecule has 5 heteroatoms. The Hall–Kier alpha value is -1.13. The van der Waals surface area contributed by atoms with Gasteiger partial charge >= 0.3 is 0 Å². The maximum absolute atomic E-state index is 12.1. The number of piperidine rings is 1. The van der Waals surface area contributed by atoms with Crippen molar-refractivity contribution >= 4 is 17.5 Å². The molecule has 1 aromatic heterocycles. The highest BCUT2D eigenvalue weighted by Crippen LogP contribution is 2.18. The van der Waals surface area contributed by atoms with Gasteiger partial charge in [-0.25, -0.2) is 0 Å². The summed E-state index contributed by atoms with van der Waals surface area (Å²) < 4.78 is 0. The molecule has 0 aromatic carbocycles. The fraction of sp³-hybridized carbons (Fsp3) is 0.455. The van der Waals surface area contributed by atoms with Gasteiger partial charge in [0.05, 0.1) is 10.6 Å². The SMILES string of the molecule is NC1CCCN(C(=O)c2ccncc2Cl)C1. The van der Waals surface area contributed by atoms with Gasteiger partial charge in [-0.3, -0.25) is 9.78 Å². The van der Waals surface area contributed by atoms with E-state index in [2.05, 4.69) is 4.98 Å². The number of hydrogen-bond acceptors (Lipinski definition) is 3. The summed E-state index contributed by atoms with van der Waals surface area (Å²) in [4.78, 5) is 17.7. The molecular formula is C11H14ClN3O. The smallest absolute Gasteiger partial charge is 0.255 e. The number of halogens is 1. The van der Waals surface area contributed by atoms with Crippen molar-refractivity contribution in [1.82, 2.24) is 9.88 Å². The van der Waals surface area contributed by atoms with Crippen molar-refractivity contribution in [3.05, 3.63) is 29.0 Å². The number of aromatic nitrogens is 1. The van der Waals surface area contributed by atoms with Crippen LogP contribution in [-0.4, -0.2) is 34.9 Å². The van der Waals surface area contributed by atoms with Crippen molar-refractivity contribution in [3.8, 4) is 0 Å². The minimum absolute atomic E-state index is 0.0532. The second-order valence-electron chi connectivity index (χ2n) is 4.01. The summed E-state index contributed by atoms with van der Waals surface area (Å²) in [5.74, 6) is -0.0532. The van der Waals surface area contributed by atoms with E-state index in [1.165, 1.54) is 6.20 Å². The molecule has 0 saturated carbocycles. The van der Waals surface area contributed by atoms with Crippen molar-refractivity contribution < 1.29 is 4.79 Å². The molecule has 2 heterocycles. The Morgan fingerprint density at radius 2 is 2.44 bits per heavy atom.